The van der Waals surface area contributed by atoms with Crippen LogP contribution in [0.2, 0.25) is 0 Å². The normalized spacial score (nSPS) is 11.6. The largest absolute Gasteiger partial charge is 0.455 e. The summed E-state index contributed by atoms with van der Waals surface area (Å²) in [5.74, 6) is 0. The molecule has 9 aromatic carbocycles. The van der Waals surface area contributed by atoms with E-state index in [9.17, 15) is 0 Å². The molecule has 50 heavy (non-hydrogen) atoms. The van der Waals surface area contributed by atoms with Crippen LogP contribution >= 0.6 is 0 Å². The van der Waals surface area contributed by atoms with Gasteiger partial charge in [0.25, 0.3) is 0 Å². The number of anilines is 3. The molecule has 1 heterocycles. The van der Waals surface area contributed by atoms with Crippen LogP contribution in [0.1, 0.15) is 0 Å². The lowest BCUT2D eigenvalue weighted by Crippen LogP contribution is -2.11. The zero-order chi connectivity index (χ0) is 33.0. The average molecular weight is 638 g/mol. The Hall–Kier alpha value is -6.64. The zero-order valence-electron chi connectivity index (χ0n) is 27.3. The molecule has 0 aliphatic heterocycles. The summed E-state index contributed by atoms with van der Waals surface area (Å²) in [6, 6.07) is 67.4. The van der Waals surface area contributed by atoms with Crippen molar-refractivity contribution in [1.29, 1.82) is 0 Å². The number of benzene rings is 9. The van der Waals surface area contributed by atoms with Gasteiger partial charge in [0.05, 0.1) is 22.4 Å². The van der Waals surface area contributed by atoms with Gasteiger partial charge in [0.15, 0.2) is 0 Å². The van der Waals surface area contributed by atoms with E-state index in [1.165, 1.54) is 43.4 Å². The quantitative estimate of drug-likeness (QED) is 0.175. The van der Waals surface area contributed by atoms with Crippen molar-refractivity contribution in [2.24, 2.45) is 0 Å². The molecule has 0 aliphatic carbocycles. The molecule has 10 rings (SSSR count). The minimum absolute atomic E-state index is 0.873. The van der Waals surface area contributed by atoms with Crippen molar-refractivity contribution in [3.8, 4) is 22.3 Å². The first-order valence-electron chi connectivity index (χ1n) is 17.1. The summed E-state index contributed by atoms with van der Waals surface area (Å²) in [5, 5.41) is 9.45. The molecule has 0 atom stereocenters. The molecule has 0 bridgehead atoms. The fourth-order valence-electron chi connectivity index (χ4n) is 7.72. The van der Waals surface area contributed by atoms with Gasteiger partial charge in [-0.1, -0.05) is 158 Å². The Morgan fingerprint density at radius 3 is 1.70 bits per heavy atom. The van der Waals surface area contributed by atoms with Gasteiger partial charge in [-0.25, -0.2) is 0 Å². The number of fused-ring (bicyclic) bond motifs is 7. The lowest BCUT2D eigenvalue weighted by molar-refractivity contribution is 0.670. The molecule has 0 aliphatic rings. The van der Waals surface area contributed by atoms with Crippen LogP contribution in [0.5, 0.6) is 0 Å². The molecule has 0 fully saturated rings. The topological polar surface area (TPSA) is 16.4 Å². The highest BCUT2D eigenvalue weighted by atomic mass is 16.3. The van der Waals surface area contributed by atoms with Gasteiger partial charge in [0, 0.05) is 21.7 Å². The Kier molecular flexibility index (Phi) is 6.53. The summed E-state index contributed by atoms with van der Waals surface area (Å²) in [6.07, 6.45) is 0. The molecular formula is C48H31NO. The van der Waals surface area contributed by atoms with Crippen LogP contribution in [0.15, 0.2) is 192 Å². The second kappa shape index (κ2) is 11.5. The van der Waals surface area contributed by atoms with Crippen molar-refractivity contribution in [2.75, 3.05) is 4.90 Å². The van der Waals surface area contributed by atoms with Crippen LogP contribution in [0.3, 0.4) is 0 Å². The van der Waals surface area contributed by atoms with Gasteiger partial charge < -0.3 is 9.32 Å². The molecule has 1 aromatic heterocycles. The van der Waals surface area contributed by atoms with Crippen LogP contribution in [-0.4, -0.2) is 0 Å². The van der Waals surface area contributed by atoms with E-state index in [0.29, 0.717) is 0 Å². The van der Waals surface area contributed by atoms with E-state index in [4.69, 9.17) is 4.42 Å². The Bertz CT molecular complexity index is 2860. The smallest absolute Gasteiger partial charge is 0.145 e. The molecular weight excluding hydrogens is 607 g/mol. The van der Waals surface area contributed by atoms with Crippen molar-refractivity contribution < 1.29 is 4.42 Å². The fourth-order valence-corrected chi connectivity index (χ4v) is 7.72. The van der Waals surface area contributed by atoms with Gasteiger partial charge >= 0.3 is 0 Å². The van der Waals surface area contributed by atoms with Gasteiger partial charge in [-0.05, 0) is 68.6 Å². The van der Waals surface area contributed by atoms with E-state index in [0.717, 1.165) is 50.1 Å². The molecule has 2 nitrogen and oxygen atoms in total. The van der Waals surface area contributed by atoms with E-state index in [1.807, 2.05) is 0 Å². The van der Waals surface area contributed by atoms with Gasteiger partial charge in [0.1, 0.15) is 11.2 Å². The van der Waals surface area contributed by atoms with E-state index in [2.05, 4.69) is 193 Å². The molecule has 2 heteroatoms. The van der Waals surface area contributed by atoms with Crippen LogP contribution < -0.4 is 4.90 Å². The Morgan fingerprint density at radius 2 is 0.880 bits per heavy atom. The number of rotatable bonds is 5. The number of hydrogen-bond acceptors (Lipinski definition) is 2. The summed E-state index contributed by atoms with van der Waals surface area (Å²) < 4.78 is 6.83. The average Bonchev–Trinajstić information content (AvgIpc) is 3.58. The molecule has 0 unspecified atom stereocenters. The lowest BCUT2D eigenvalue weighted by atomic mass is 9.96. The van der Waals surface area contributed by atoms with Crippen molar-refractivity contribution in [2.45, 2.75) is 0 Å². The van der Waals surface area contributed by atoms with E-state index < -0.39 is 0 Å². The van der Waals surface area contributed by atoms with Crippen molar-refractivity contribution >= 4 is 71.3 Å². The fraction of sp³-hybridized carbons (Fsp3) is 0. The van der Waals surface area contributed by atoms with Crippen molar-refractivity contribution in [3.63, 3.8) is 0 Å². The Balaban J connectivity index is 1.29. The predicted molar refractivity (Wildman–Crippen MR) is 212 cm³/mol. The summed E-state index contributed by atoms with van der Waals surface area (Å²) in [4.78, 5) is 2.46. The molecule has 0 radical (unpaired) electrons. The molecule has 0 saturated heterocycles. The van der Waals surface area contributed by atoms with E-state index in [1.54, 1.807) is 0 Å². The number of para-hydroxylation sites is 1. The minimum atomic E-state index is 0.873. The number of furan rings is 1. The molecule has 0 N–H and O–H groups in total. The van der Waals surface area contributed by atoms with Gasteiger partial charge in [0.2, 0.25) is 0 Å². The number of nitrogens with zero attached hydrogens (tertiary/aromatic N) is 1. The Morgan fingerprint density at radius 1 is 0.320 bits per heavy atom. The standard InChI is InChI=1S/C48H31NO/c1-2-12-32(13-3-1)33-24-26-36(27-25-33)40-30-31-44(47-41-20-8-9-23-45(41)50-48(40)47)49(42-21-10-16-34-14-4-6-18-38(34)42)43-22-11-17-37-29-28-35-15-5-7-19-39(35)46(37)43/h1-31H. The van der Waals surface area contributed by atoms with Gasteiger partial charge in [-0.15, -0.1) is 0 Å². The highest BCUT2D eigenvalue weighted by Crippen LogP contribution is 2.49. The second-order valence-corrected chi connectivity index (χ2v) is 12.9. The van der Waals surface area contributed by atoms with Crippen LogP contribution in [0.25, 0.3) is 76.5 Å². The lowest BCUT2D eigenvalue weighted by Gasteiger charge is -2.29. The van der Waals surface area contributed by atoms with Crippen molar-refractivity contribution in [1.82, 2.24) is 0 Å². The van der Waals surface area contributed by atoms with E-state index in [-0.39, 0.29) is 0 Å². The summed E-state index contributed by atoms with van der Waals surface area (Å²) in [5.41, 5.74) is 9.66. The first-order chi connectivity index (χ1) is 24.8. The van der Waals surface area contributed by atoms with Crippen LogP contribution in [-0.2, 0) is 0 Å². The first-order valence-corrected chi connectivity index (χ1v) is 17.1. The minimum Gasteiger partial charge on any atom is -0.455 e. The predicted octanol–water partition coefficient (Wildman–Crippen LogP) is 13.8. The molecule has 234 valence electrons. The van der Waals surface area contributed by atoms with Gasteiger partial charge in [-0.2, -0.15) is 0 Å². The second-order valence-electron chi connectivity index (χ2n) is 12.9. The first kappa shape index (κ1) is 28.4. The molecule has 0 spiro atoms. The Labute approximate surface area is 290 Å². The third-order valence-electron chi connectivity index (χ3n) is 10.0. The van der Waals surface area contributed by atoms with Crippen LogP contribution in [0, 0.1) is 0 Å². The molecule has 0 saturated carbocycles. The monoisotopic (exact) mass is 637 g/mol. The summed E-state index contributed by atoms with van der Waals surface area (Å²) in [6.45, 7) is 0. The maximum absolute atomic E-state index is 6.83. The zero-order valence-corrected chi connectivity index (χ0v) is 27.3. The SMILES string of the molecule is c1ccc(-c2ccc(-c3ccc(N(c4cccc5ccccc45)c4cccc5ccc6ccccc6c45)c4c3oc3ccccc34)cc2)cc1. The summed E-state index contributed by atoms with van der Waals surface area (Å²) in [7, 11) is 0. The third-order valence-corrected chi connectivity index (χ3v) is 10.0. The molecule has 10 aromatic rings. The third kappa shape index (κ3) is 4.50. The molecule has 0 amide bonds. The maximum Gasteiger partial charge on any atom is 0.145 e. The van der Waals surface area contributed by atoms with Crippen molar-refractivity contribution in [3.05, 3.63) is 188 Å². The van der Waals surface area contributed by atoms with Crippen LogP contribution in [0.4, 0.5) is 17.1 Å². The number of hydrogen-bond donors (Lipinski definition) is 0. The van der Waals surface area contributed by atoms with Gasteiger partial charge in [-0.3, -0.25) is 0 Å². The maximum atomic E-state index is 6.83. The highest BCUT2D eigenvalue weighted by Gasteiger charge is 2.24. The summed E-state index contributed by atoms with van der Waals surface area (Å²) >= 11 is 0. The van der Waals surface area contributed by atoms with E-state index >= 15 is 0 Å². The highest BCUT2D eigenvalue weighted by molar-refractivity contribution is 6.21.